The minimum absolute atomic E-state index is 0.213. The molecule has 0 spiro atoms. The van der Waals surface area contributed by atoms with E-state index in [4.69, 9.17) is 9.47 Å². The van der Waals surface area contributed by atoms with Crippen molar-refractivity contribution < 1.29 is 22.7 Å². The van der Waals surface area contributed by atoms with Gasteiger partial charge in [-0.2, -0.15) is 4.31 Å². The summed E-state index contributed by atoms with van der Waals surface area (Å²) in [4.78, 5) is 12.7. The van der Waals surface area contributed by atoms with E-state index in [9.17, 15) is 13.2 Å². The van der Waals surface area contributed by atoms with Crippen LogP contribution < -0.4 is 9.47 Å². The maximum atomic E-state index is 12.6. The molecule has 30 heavy (non-hydrogen) atoms. The summed E-state index contributed by atoms with van der Waals surface area (Å²) in [5.74, 6) is 0.956. The average Bonchev–Trinajstić information content (AvgIpc) is 3.29. The van der Waals surface area contributed by atoms with Crippen LogP contribution in [0.25, 0.3) is 6.08 Å². The van der Waals surface area contributed by atoms with Crippen LogP contribution >= 0.6 is 15.9 Å². The Bertz CT molecular complexity index is 1040. The van der Waals surface area contributed by atoms with Crippen LogP contribution in [0.3, 0.4) is 0 Å². The Kier molecular flexibility index (Phi) is 7.33. The molecule has 8 heteroatoms. The highest BCUT2D eigenvalue weighted by atomic mass is 79.9. The molecule has 0 unspecified atom stereocenters. The predicted octanol–water partition coefficient (Wildman–Crippen LogP) is 4.54. The van der Waals surface area contributed by atoms with E-state index >= 15 is 0 Å². The number of ether oxygens (including phenoxy) is 2. The Labute approximate surface area is 185 Å². The molecular weight excluding hydrogens is 470 g/mol. The number of hydrogen-bond donors (Lipinski definition) is 0. The van der Waals surface area contributed by atoms with Crippen LogP contribution in [0.15, 0.2) is 51.8 Å². The van der Waals surface area contributed by atoms with Gasteiger partial charge in [-0.25, -0.2) is 8.42 Å². The van der Waals surface area contributed by atoms with E-state index < -0.39 is 10.0 Å². The second-order valence-corrected chi connectivity index (χ2v) is 9.59. The van der Waals surface area contributed by atoms with Crippen molar-refractivity contribution in [2.24, 2.45) is 0 Å². The lowest BCUT2D eigenvalue weighted by Crippen LogP contribution is -2.27. The molecule has 1 saturated heterocycles. The molecule has 0 aliphatic carbocycles. The first-order chi connectivity index (χ1) is 14.4. The highest BCUT2D eigenvalue weighted by Crippen LogP contribution is 2.37. The van der Waals surface area contributed by atoms with E-state index in [0.29, 0.717) is 36.8 Å². The van der Waals surface area contributed by atoms with Crippen molar-refractivity contribution in [2.45, 2.75) is 24.7 Å². The monoisotopic (exact) mass is 493 g/mol. The maximum Gasteiger partial charge on any atom is 0.243 e. The van der Waals surface area contributed by atoms with Crippen LogP contribution in [0.2, 0.25) is 0 Å². The van der Waals surface area contributed by atoms with Gasteiger partial charge in [0.15, 0.2) is 17.3 Å². The third-order valence-electron chi connectivity index (χ3n) is 4.81. The van der Waals surface area contributed by atoms with Crippen LogP contribution in [0.5, 0.6) is 11.5 Å². The van der Waals surface area contributed by atoms with Gasteiger partial charge in [0.1, 0.15) is 0 Å². The van der Waals surface area contributed by atoms with Crippen molar-refractivity contribution in [1.29, 1.82) is 0 Å². The number of sulfonamides is 1. The highest BCUT2D eigenvalue weighted by Gasteiger charge is 2.27. The van der Waals surface area contributed by atoms with Gasteiger partial charge >= 0.3 is 0 Å². The summed E-state index contributed by atoms with van der Waals surface area (Å²) < 4.78 is 38.3. The van der Waals surface area contributed by atoms with E-state index in [1.54, 1.807) is 31.4 Å². The molecule has 0 aromatic heterocycles. The Balaban J connectivity index is 1.76. The van der Waals surface area contributed by atoms with Crippen molar-refractivity contribution >= 4 is 37.8 Å². The molecule has 160 valence electrons. The zero-order chi connectivity index (χ0) is 21.7. The van der Waals surface area contributed by atoms with E-state index in [-0.39, 0.29) is 10.7 Å². The number of ketones is 1. The largest absolute Gasteiger partial charge is 0.493 e. The number of carbonyl (C=O) groups is 1. The Morgan fingerprint density at radius 1 is 1.17 bits per heavy atom. The summed E-state index contributed by atoms with van der Waals surface area (Å²) in [5.41, 5.74) is 1.19. The number of rotatable bonds is 8. The van der Waals surface area contributed by atoms with Gasteiger partial charge < -0.3 is 9.47 Å². The van der Waals surface area contributed by atoms with Gasteiger partial charge in [-0.15, -0.1) is 0 Å². The van der Waals surface area contributed by atoms with Crippen molar-refractivity contribution in [3.05, 3.63) is 58.1 Å². The van der Waals surface area contributed by atoms with Crippen LogP contribution in [-0.4, -0.2) is 45.3 Å². The van der Waals surface area contributed by atoms with Gasteiger partial charge in [0.2, 0.25) is 10.0 Å². The standard InChI is InChI=1S/C22H24BrNO5S/c1-3-29-22-19(23)14-16(15-21(22)28-2)6-11-20(25)17-7-9-18(10-8-17)30(26,27)24-12-4-5-13-24/h6-11,14-15H,3-5,12-13H2,1-2H3. The minimum Gasteiger partial charge on any atom is -0.493 e. The van der Waals surface area contributed by atoms with E-state index in [2.05, 4.69) is 15.9 Å². The molecule has 0 atom stereocenters. The second-order valence-electron chi connectivity index (χ2n) is 6.80. The summed E-state index contributed by atoms with van der Waals surface area (Å²) in [7, 11) is -1.93. The number of hydrogen-bond acceptors (Lipinski definition) is 5. The fourth-order valence-corrected chi connectivity index (χ4v) is 5.35. The molecule has 2 aromatic rings. The quantitative estimate of drug-likeness (QED) is 0.398. The Hall–Kier alpha value is -2.16. The molecule has 1 heterocycles. The van der Waals surface area contributed by atoms with Gasteiger partial charge in [0.05, 0.1) is 23.1 Å². The molecule has 0 radical (unpaired) electrons. The van der Waals surface area contributed by atoms with Gasteiger partial charge in [-0.1, -0.05) is 6.08 Å². The minimum atomic E-state index is -3.48. The Morgan fingerprint density at radius 2 is 1.83 bits per heavy atom. The lowest BCUT2D eigenvalue weighted by atomic mass is 10.1. The fourth-order valence-electron chi connectivity index (χ4n) is 3.26. The van der Waals surface area contributed by atoms with Crippen molar-refractivity contribution in [2.75, 3.05) is 26.8 Å². The summed E-state index contributed by atoms with van der Waals surface area (Å²) in [6.45, 7) is 3.49. The lowest BCUT2D eigenvalue weighted by molar-refractivity contribution is 0.104. The lowest BCUT2D eigenvalue weighted by Gasteiger charge is -2.15. The number of carbonyl (C=O) groups excluding carboxylic acids is 1. The van der Waals surface area contributed by atoms with Gasteiger partial charge in [0.25, 0.3) is 0 Å². The van der Waals surface area contributed by atoms with Crippen LogP contribution in [-0.2, 0) is 10.0 Å². The first-order valence-corrected chi connectivity index (χ1v) is 11.9. The number of allylic oxidation sites excluding steroid dienone is 1. The number of halogens is 1. The molecule has 0 N–H and O–H groups in total. The molecule has 0 bridgehead atoms. The third kappa shape index (κ3) is 4.94. The number of benzene rings is 2. The molecular formula is C22H24BrNO5S. The zero-order valence-electron chi connectivity index (χ0n) is 16.9. The summed E-state index contributed by atoms with van der Waals surface area (Å²) in [6, 6.07) is 9.69. The van der Waals surface area contributed by atoms with Crippen molar-refractivity contribution in [3.63, 3.8) is 0 Å². The molecule has 2 aromatic carbocycles. The fraction of sp³-hybridized carbons (Fsp3) is 0.318. The van der Waals surface area contributed by atoms with Crippen LogP contribution in [0.1, 0.15) is 35.7 Å². The third-order valence-corrected chi connectivity index (χ3v) is 7.31. The van der Waals surface area contributed by atoms with Gasteiger partial charge in [0, 0.05) is 18.7 Å². The van der Waals surface area contributed by atoms with Crippen LogP contribution in [0.4, 0.5) is 0 Å². The highest BCUT2D eigenvalue weighted by molar-refractivity contribution is 9.10. The molecule has 3 rings (SSSR count). The smallest absolute Gasteiger partial charge is 0.243 e. The average molecular weight is 494 g/mol. The summed E-state index contributed by atoms with van der Waals surface area (Å²) in [6.07, 6.45) is 4.89. The summed E-state index contributed by atoms with van der Waals surface area (Å²) >= 11 is 3.46. The molecule has 0 saturated carbocycles. The number of methoxy groups -OCH3 is 1. The van der Waals surface area contributed by atoms with Gasteiger partial charge in [-0.3, -0.25) is 4.79 Å². The topological polar surface area (TPSA) is 72.9 Å². The van der Waals surface area contributed by atoms with E-state index in [1.807, 2.05) is 13.0 Å². The van der Waals surface area contributed by atoms with Crippen molar-refractivity contribution in [1.82, 2.24) is 4.31 Å². The molecule has 1 aliphatic rings. The first kappa shape index (κ1) is 22.5. The number of nitrogens with zero attached hydrogens (tertiary/aromatic N) is 1. The molecule has 6 nitrogen and oxygen atoms in total. The maximum absolute atomic E-state index is 12.6. The second kappa shape index (κ2) is 9.76. The van der Waals surface area contributed by atoms with Crippen LogP contribution in [0, 0.1) is 0 Å². The van der Waals surface area contributed by atoms with E-state index in [0.717, 1.165) is 22.9 Å². The SMILES string of the molecule is CCOc1c(Br)cc(C=CC(=O)c2ccc(S(=O)(=O)N3CCCC3)cc2)cc1OC. The van der Waals surface area contributed by atoms with Gasteiger partial charge in [-0.05, 0) is 83.7 Å². The zero-order valence-corrected chi connectivity index (χ0v) is 19.3. The van der Waals surface area contributed by atoms with Crippen molar-refractivity contribution in [3.8, 4) is 11.5 Å². The normalized spacial score (nSPS) is 14.9. The predicted molar refractivity (Wildman–Crippen MR) is 120 cm³/mol. The first-order valence-electron chi connectivity index (χ1n) is 9.69. The molecule has 1 aliphatic heterocycles. The Morgan fingerprint density at radius 3 is 2.43 bits per heavy atom. The molecule has 0 amide bonds. The molecule has 1 fully saturated rings. The summed E-state index contributed by atoms with van der Waals surface area (Å²) in [5, 5.41) is 0. The van der Waals surface area contributed by atoms with E-state index in [1.165, 1.54) is 22.5 Å².